The zero-order valence-corrected chi connectivity index (χ0v) is 17.8. The highest BCUT2D eigenvalue weighted by Gasteiger charge is 2.17. The van der Waals surface area contributed by atoms with Crippen molar-refractivity contribution in [2.24, 2.45) is 11.8 Å². The first-order chi connectivity index (χ1) is 14.1. The fourth-order valence-electron chi connectivity index (χ4n) is 4.36. The molecule has 2 atom stereocenters. The average molecular weight is 382 g/mol. The molecule has 4 aromatic rings. The normalized spacial score (nSPS) is 13.5. The number of aryl methyl sites for hydroxylation is 1. The number of hydrogen-bond donors (Lipinski definition) is 1. The number of rotatable bonds is 7. The summed E-state index contributed by atoms with van der Waals surface area (Å²) in [4.78, 5) is 3.58. The summed E-state index contributed by atoms with van der Waals surface area (Å²) in [5.41, 5.74) is 8.33. The molecule has 1 heteroatoms. The molecule has 0 aliphatic carbocycles. The van der Waals surface area contributed by atoms with Gasteiger partial charge in [-0.2, -0.15) is 0 Å². The predicted molar refractivity (Wildman–Crippen MR) is 124 cm³/mol. The van der Waals surface area contributed by atoms with E-state index in [1.807, 2.05) is 0 Å². The highest BCUT2D eigenvalue weighted by Crippen LogP contribution is 2.29. The third kappa shape index (κ3) is 4.45. The number of hydrogen-bond acceptors (Lipinski definition) is 0. The van der Waals surface area contributed by atoms with Crippen LogP contribution in [-0.4, -0.2) is 4.98 Å². The van der Waals surface area contributed by atoms with Crippen molar-refractivity contribution < 1.29 is 0 Å². The van der Waals surface area contributed by atoms with Crippen molar-refractivity contribution in [3.63, 3.8) is 0 Å². The van der Waals surface area contributed by atoms with E-state index in [9.17, 15) is 0 Å². The van der Waals surface area contributed by atoms with Gasteiger partial charge in [-0.3, -0.25) is 0 Å². The Kier molecular flexibility index (Phi) is 5.85. The van der Waals surface area contributed by atoms with Crippen LogP contribution in [0.1, 0.15) is 41.7 Å². The molecule has 0 aliphatic rings. The van der Waals surface area contributed by atoms with Crippen molar-refractivity contribution in [2.75, 3.05) is 0 Å². The maximum Gasteiger partial charge on any atom is 0.0489 e. The van der Waals surface area contributed by atoms with Crippen molar-refractivity contribution in [3.05, 3.63) is 107 Å². The van der Waals surface area contributed by atoms with Gasteiger partial charge in [0.1, 0.15) is 0 Å². The molecule has 0 saturated carbocycles. The molecule has 0 bridgehead atoms. The average Bonchev–Trinajstić information content (AvgIpc) is 3.15. The molecule has 4 rings (SSSR count). The maximum atomic E-state index is 3.58. The second-order valence-electron chi connectivity index (χ2n) is 8.60. The van der Waals surface area contributed by atoms with Crippen LogP contribution < -0.4 is 0 Å². The van der Waals surface area contributed by atoms with E-state index in [-0.39, 0.29) is 0 Å². The van der Waals surface area contributed by atoms with Crippen LogP contribution in [0, 0.1) is 18.8 Å². The number of H-pyrrole nitrogens is 1. The third-order valence-corrected chi connectivity index (χ3v) is 6.47. The molecule has 3 aromatic carbocycles. The van der Waals surface area contributed by atoms with Crippen LogP contribution in [0.3, 0.4) is 0 Å². The first-order valence-electron chi connectivity index (χ1n) is 10.8. The third-order valence-electron chi connectivity index (χ3n) is 6.47. The van der Waals surface area contributed by atoms with E-state index >= 15 is 0 Å². The van der Waals surface area contributed by atoms with Crippen LogP contribution in [0.15, 0.2) is 79.0 Å². The summed E-state index contributed by atoms with van der Waals surface area (Å²) in [5, 5.41) is 1.39. The molecule has 1 N–H and O–H groups in total. The molecule has 0 saturated heterocycles. The van der Waals surface area contributed by atoms with E-state index in [1.165, 1.54) is 38.7 Å². The maximum absolute atomic E-state index is 3.58. The van der Waals surface area contributed by atoms with Gasteiger partial charge in [0.25, 0.3) is 0 Å². The van der Waals surface area contributed by atoms with Crippen molar-refractivity contribution in [1.29, 1.82) is 0 Å². The van der Waals surface area contributed by atoms with Gasteiger partial charge in [-0.25, -0.2) is 0 Å². The van der Waals surface area contributed by atoms with Gasteiger partial charge in [-0.05, 0) is 65.8 Å². The Hall–Kier alpha value is -2.80. The lowest BCUT2D eigenvalue weighted by Gasteiger charge is -2.20. The van der Waals surface area contributed by atoms with Gasteiger partial charge in [0, 0.05) is 17.1 Å². The van der Waals surface area contributed by atoms with Gasteiger partial charge in [0.2, 0.25) is 0 Å². The quantitative estimate of drug-likeness (QED) is 0.350. The van der Waals surface area contributed by atoms with Gasteiger partial charge in [-0.15, -0.1) is 0 Å². The largest absolute Gasteiger partial charge is 0.361 e. The van der Waals surface area contributed by atoms with Crippen LogP contribution in [-0.2, 0) is 19.3 Å². The van der Waals surface area contributed by atoms with E-state index in [0.717, 1.165) is 19.3 Å². The smallest absolute Gasteiger partial charge is 0.0489 e. The topological polar surface area (TPSA) is 15.8 Å². The molecule has 1 aromatic heterocycles. The summed E-state index contributed by atoms with van der Waals surface area (Å²) < 4.78 is 0. The van der Waals surface area contributed by atoms with Crippen molar-refractivity contribution in [3.8, 4) is 0 Å². The second kappa shape index (κ2) is 8.69. The minimum atomic E-state index is 0.638. The molecule has 0 amide bonds. The summed E-state index contributed by atoms with van der Waals surface area (Å²) in [6.07, 6.45) is 5.48. The summed E-state index contributed by atoms with van der Waals surface area (Å²) in [5.74, 6) is 1.29. The molecular formula is C28H31N. The molecule has 1 nitrogen and oxygen atoms in total. The first kappa shape index (κ1) is 19.5. The van der Waals surface area contributed by atoms with E-state index in [4.69, 9.17) is 0 Å². The lowest BCUT2D eigenvalue weighted by atomic mass is 9.85. The van der Waals surface area contributed by atoms with Crippen LogP contribution >= 0.6 is 0 Å². The van der Waals surface area contributed by atoms with E-state index < -0.39 is 0 Å². The minimum absolute atomic E-state index is 0.638. The molecule has 0 spiro atoms. The Labute approximate surface area is 174 Å². The van der Waals surface area contributed by atoms with Crippen LogP contribution in [0.5, 0.6) is 0 Å². The lowest BCUT2D eigenvalue weighted by molar-refractivity contribution is 0.384. The Morgan fingerprint density at radius 2 is 1.31 bits per heavy atom. The van der Waals surface area contributed by atoms with E-state index in [1.54, 1.807) is 0 Å². The highest BCUT2D eigenvalue weighted by atomic mass is 14.7. The molecule has 0 radical (unpaired) electrons. The SMILES string of the molecule is Cc1c(Cc2ccccc2)ccc2c(CC(C)C(C)Cc3ccccc3)c[nH]c12. The Bertz CT molecular complexity index is 1060. The fraction of sp³-hybridized carbons (Fsp3) is 0.286. The van der Waals surface area contributed by atoms with Crippen molar-refractivity contribution >= 4 is 10.9 Å². The molecule has 148 valence electrons. The van der Waals surface area contributed by atoms with Crippen LogP contribution in [0.4, 0.5) is 0 Å². The summed E-state index contributed by atoms with van der Waals surface area (Å²) in [7, 11) is 0. The van der Waals surface area contributed by atoms with Gasteiger partial charge < -0.3 is 4.98 Å². The predicted octanol–water partition coefficient (Wildman–Crippen LogP) is 7.12. The Morgan fingerprint density at radius 3 is 2.00 bits per heavy atom. The van der Waals surface area contributed by atoms with Gasteiger partial charge >= 0.3 is 0 Å². The lowest BCUT2D eigenvalue weighted by Crippen LogP contribution is -2.13. The Morgan fingerprint density at radius 1 is 0.690 bits per heavy atom. The summed E-state index contributed by atoms with van der Waals surface area (Å²) >= 11 is 0. The number of fused-ring (bicyclic) bond motifs is 1. The zero-order valence-electron chi connectivity index (χ0n) is 17.8. The van der Waals surface area contributed by atoms with Gasteiger partial charge in [-0.1, -0.05) is 86.6 Å². The Balaban J connectivity index is 1.50. The highest BCUT2D eigenvalue weighted by molar-refractivity contribution is 5.87. The van der Waals surface area contributed by atoms with Crippen molar-refractivity contribution in [1.82, 2.24) is 4.98 Å². The molecule has 0 aliphatic heterocycles. The van der Waals surface area contributed by atoms with Gasteiger partial charge in [0.15, 0.2) is 0 Å². The molecule has 2 unspecified atom stereocenters. The van der Waals surface area contributed by atoms with Gasteiger partial charge in [0.05, 0.1) is 0 Å². The van der Waals surface area contributed by atoms with E-state index in [2.05, 4.69) is 105 Å². The monoisotopic (exact) mass is 381 g/mol. The number of nitrogens with one attached hydrogen (secondary N) is 1. The summed E-state index contributed by atoms with van der Waals surface area (Å²) in [6, 6.07) is 26.2. The second-order valence-corrected chi connectivity index (χ2v) is 8.60. The van der Waals surface area contributed by atoms with E-state index in [0.29, 0.717) is 11.8 Å². The van der Waals surface area contributed by atoms with Crippen LogP contribution in [0.2, 0.25) is 0 Å². The molecular weight excluding hydrogens is 350 g/mol. The summed E-state index contributed by atoms with van der Waals surface area (Å²) in [6.45, 7) is 7.03. The number of aromatic nitrogens is 1. The number of benzene rings is 3. The molecule has 1 heterocycles. The van der Waals surface area contributed by atoms with Crippen molar-refractivity contribution in [2.45, 2.75) is 40.0 Å². The zero-order chi connectivity index (χ0) is 20.2. The van der Waals surface area contributed by atoms with Crippen LogP contribution in [0.25, 0.3) is 10.9 Å². The fourth-order valence-corrected chi connectivity index (χ4v) is 4.36. The first-order valence-corrected chi connectivity index (χ1v) is 10.8. The minimum Gasteiger partial charge on any atom is -0.361 e. The standard InChI is InChI=1S/C28H31N/c1-20(16-23-10-6-4-7-11-23)21(2)17-26-19-29-28-22(3)25(14-15-27(26)28)18-24-12-8-5-9-13-24/h4-15,19-21,29H,16-18H2,1-3H3. The number of aromatic amines is 1. The molecule has 29 heavy (non-hydrogen) atoms. The molecule has 0 fully saturated rings.